The van der Waals surface area contributed by atoms with Crippen molar-refractivity contribution in [2.45, 2.75) is 89.5 Å². The Hall–Kier alpha value is -0.340. The Morgan fingerprint density at radius 2 is 1.90 bits per heavy atom. The highest BCUT2D eigenvalue weighted by Gasteiger charge is 2.61. The first kappa shape index (κ1) is 15.6. The Morgan fingerprint density at radius 3 is 2.57 bits per heavy atom. The first-order valence-electron chi connectivity index (χ1n) is 8.81. The molecule has 0 aliphatic carbocycles. The molecule has 2 nitrogen and oxygen atoms in total. The summed E-state index contributed by atoms with van der Waals surface area (Å²) in [4.78, 5) is 2.82. The molecule has 0 amide bonds. The molecule has 0 bridgehead atoms. The lowest BCUT2D eigenvalue weighted by Crippen LogP contribution is -2.69. The molecular formula is C19H33NO. The van der Waals surface area contributed by atoms with Gasteiger partial charge in [-0.15, -0.1) is 6.58 Å². The van der Waals surface area contributed by atoms with Crippen molar-refractivity contribution in [1.82, 2.24) is 4.90 Å². The Bertz CT molecular complexity index is 431. The van der Waals surface area contributed by atoms with Crippen molar-refractivity contribution >= 4 is 0 Å². The fourth-order valence-electron chi connectivity index (χ4n) is 5.67. The van der Waals surface area contributed by atoms with E-state index in [9.17, 15) is 0 Å². The van der Waals surface area contributed by atoms with Crippen molar-refractivity contribution in [3.05, 3.63) is 12.7 Å². The molecule has 3 rings (SSSR count). The minimum Gasteiger partial charge on any atom is -0.371 e. The normalized spacial score (nSPS) is 47.5. The molecule has 3 heterocycles. The van der Waals surface area contributed by atoms with E-state index in [2.05, 4.69) is 52.2 Å². The highest BCUT2D eigenvalue weighted by Crippen LogP contribution is 2.56. The van der Waals surface area contributed by atoms with Crippen LogP contribution in [-0.2, 0) is 4.74 Å². The van der Waals surface area contributed by atoms with E-state index < -0.39 is 0 Å². The summed E-state index contributed by atoms with van der Waals surface area (Å²) in [6.07, 6.45) is 8.82. The number of fused-ring (bicyclic) bond motifs is 3. The quantitative estimate of drug-likeness (QED) is 0.699. The highest BCUT2D eigenvalue weighted by atomic mass is 16.5. The second-order valence-corrected chi connectivity index (χ2v) is 8.78. The largest absolute Gasteiger partial charge is 0.371 e. The summed E-state index contributed by atoms with van der Waals surface area (Å²) in [6.45, 7) is 17.2. The van der Waals surface area contributed by atoms with Gasteiger partial charge in [0.15, 0.2) is 0 Å². The molecule has 0 saturated carbocycles. The van der Waals surface area contributed by atoms with Crippen LogP contribution in [0.1, 0.15) is 66.7 Å². The van der Waals surface area contributed by atoms with Gasteiger partial charge in [0.25, 0.3) is 0 Å². The molecule has 0 aromatic carbocycles. The summed E-state index contributed by atoms with van der Waals surface area (Å²) in [5.41, 5.74) is 0.724. The van der Waals surface area contributed by atoms with Crippen LogP contribution in [0, 0.1) is 11.8 Å². The molecule has 2 heteroatoms. The maximum atomic E-state index is 6.59. The van der Waals surface area contributed by atoms with Crippen molar-refractivity contribution in [3.63, 3.8) is 0 Å². The van der Waals surface area contributed by atoms with Gasteiger partial charge in [-0.1, -0.05) is 13.0 Å². The summed E-state index contributed by atoms with van der Waals surface area (Å²) >= 11 is 0. The van der Waals surface area contributed by atoms with Gasteiger partial charge >= 0.3 is 0 Å². The molecule has 3 unspecified atom stereocenters. The molecule has 21 heavy (non-hydrogen) atoms. The van der Waals surface area contributed by atoms with E-state index in [-0.39, 0.29) is 5.60 Å². The Morgan fingerprint density at radius 1 is 1.19 bits per heavy atom. The van der Waals surface area contributed by atoms with E-state index in [1.807, 2.05) is 0 Å². The lowest BCUT2D eigenvalue weighted by atomic mass is 9.62. The van der Waals surface area contributed by atoms with E-state index in [4.69, 9.17) is 4.74 Å². The van der Waals surface area contributed by atoms with Gasteiger partial charge in [-0.05, 0) is 65.7 Å². The predicted octanol–water partition coefficient (Wildman–Crippen LogP) is 4.40. The van der Waals surface area contributed by atoms with E-state index >= 15 is 0 Å². The molecule has 3 saturated heterocycles. The Balaban J connectivity index is 1.92. The maximum Gasteiger partial charge on any atom is 0.0717 e. The highest BCUT2D eigenvalue weighted by molar-refractivity contribution is 5.14. The fraction of sp³-hybridized carbons (Fsp3) is 0.895. The predicted molar refractivity (Wildman–Crippen MR) is 88.4 cm³/mol. The second kappa shape index (κ2) is 4.83. The summed E-state index contributed by atoms with van der Waals surface area (Å²) < 4.78 is 6.59. The molecule has 3 fully saturated rings. The zero-order valence-electron chi connectivity index (χ0n) is 14.6. The van der Waals surface area contributed by atoms with Gasteiger partial charge in [-0.3, -0.25) is 4.90 Å². The minimum absolute atomic E-state index is 0.0700. The number of piperidine rings is 2. The van der Waals surface area contributed by atoms with E-state index in [1.165, 1.54) is 38.6 Å². The maximum absolute atomic E-state index is 6.59. The zero-order valence-corrected chi connectivity index (χ0v) is 14.6. The first-order valence-corrected chi connectivity index (χ1v) is 8.81. The van der Waals surface area contributed by atoms with Gasteiger partial charge in [0.2, 0.25) is 0 Å². The van der Waals surface area contributed by atoms with Gasteiger partial charge < -0.3 is 4.74 Å². The molecule has 0 aromatic rings. The molecule has 5 atom stereocenters. The second-order valence-electron chi connectivity index (χ2n) is 8.78. The lowest BCUT2D eigenvalue weighted by Gasteiger charge is -2.62. The third kappa shape index (κ3) is 2.21. The number of rotatable bonds is 2. The van der Waals surface area contributed by atoms with Crippen LogP contribution >= 0.6 is 0 Å². The van der Waals surface area contributed by atoms with Gasteiger partial charge in [-0.2, -0.15) is 0 Å². The summed E-state index contributed by atoms with van der Waals surface area (Å²) in [7, 11) is 0. The van der Waals surface area contributed by atoms with Gasteiger partial charge in [-0.25, -0.2) is 0 Å². The number of nitrogens with zero attached hydrogens (tertiary/aromatic N) is 1. The molecule has 3 aliphatic heterocycles. The smallest absolute Gasteiger partial charge is 0.0717 e. The minimum atomic E-state index is 0.0700. The summed E-state index contributed by atoms with van der Waals surface area (Å²) in [5, 5.41) is 0. The van der Waals surface area contributed by atoms with Crippen LogP contribution in [0.15, 0.2) is 12.7 Å². The molecule has 0 aromatic heterocycles. The van der Waals surface area contributed by atoms with Gasteiger partial charge in [0, 0.05) is 23.5 Å². The summed E-state index contributed by atoms with van der Waals surface area (Å²) in [5.74, 6) is 1.12. The van der Waals surface area contributed by atoms with Crippen LogP contribution in [0.5, 0.6) is 0 Å². The fourth-order valence-corrected chi connectivity index (χ4v) is 5.67. The Labute approximate surface area is 130 Å². The van der Waals surface area contributed by atoms with Crippen LogP contribution in [0.25, 0.3) is 0 Å². The zero-order chi connectivity index (χ0) is 15.5. The topological polar surface area (TPSA) is 12.5 Å². The monoisotopic (exact) mass is 291 g/mol. The SMILES string of the molecule is C=CC(C)C1C[C@@H]2C3(C)CCCC(C)(C)N3CC[C@@]2(C)O1. The van der Waals surface area contributed by atoms with Crippen LogP contribution in [0.3, 0.4) is 0 Å². The summed E-state index contributed by atoms with van der Waals surface area (Å²) in [6, 6.07) is 0. The molecule has 0 spiro atoms. The molecule has 3 aliphatic rings. The standard InChI is InChI=1S/C19H33NO/c1-7-14(2)15-13-16-18(5)10-8-9-17(3,4)20(18)12-11-19(16,6)21-15/h7,14-16H,1,8-13H2,2-6H3/t14?,15?,16-,18?,19-/m1/s1. The van der Waals surface area contributed by atoms with E-state index in [0.29, 0.717) is 29.0 Å². The molecule has 0 N–H and O–H groups in total. The van der Waals surface area contributed by atoms with E-state index in [0.717, 1.165) is 0 Å². The van der Waals surface area contributed by atoms with Crippen LogP contribution in [0.4, 0.5) is 0 Å². The van der Waals surface area contributed by atoms with Crippen LogP contribution < -0.4 is 0 Å². The van der Waals surface area contributed by atoms with Gasteiger partial charge in [0.1, 0.15) is 0 Å². The Kier molecular flexibility index (Phi) is 3.57. The van der Waals surface area contributed by atoms with Crippen molar-refractivity contribution in [3.8, 4) is 0 Å². The number of ether oxygens (including phenoxy) is 1. The van der Waals surface area contributed by atoms with Crippen LogP contribution in [-0.4, -0.2) is 34.2 Å². The van der Waals surface area contributed by atoms with E-state index in [1.54, 1.807) is 0 Å². The van der Waals surface area contributed by atoms with Crippen LogP contribution in [0.2, 0.25) is 0 Å². The number of hydrogen-bond acceptors (Lipinski definition) is 2. The molecule has 0 radical (unpaired) electrons. The van der Waals surface area contributed by atoms with Crippen molar-refractivity contribution < 1.29 is 4.74 Å². The van der Waals surface area contributed by atoms with Crippen molar-refractivity contribution in [2.75, 3.05) is 6.54 Å². The average Bonchev–Trinajstić information content (AvgIpc) is 2.76. The lowest BCUT2D eigenvalue weighted by molar-refractivity contribution is -0.165. The number of hydrogen-bond donors (Lipinski definition) is 0. The van der Waals surface area contributed by atoms with Gasteiger partial charge in [0.05, 0.1) is 11.7 Å². The third-order valence-corrected chi connectivity index (χ3v) is 6.99. The van der Waals surface area contributed by atoms with Crippen molar-refractivity contribution in [2.24, 2.45) is 11.8 Å². The molecular weight excluding hydrogens is 258 g/mol. The average molecular weight is 291 g/mol. The first-order chi connectivity index (χ1) is 9.73. The van der Waals surface area contributed by atoms with Crippen molar-refractivity contribution in [1.29, 1.82) is 0 Å². The molecule has 120 valence electrons. The third-order valence-electron chi connectivity index (χ3n) is 6.99.